The summed E-state index contributed by atoms with van der Waals surface area (Å²) in [6.45, 7) is 5.73. The van der Waals surface area contributed by atoms with Gasteiger partial charge in [-0.1, -0.05) is 60.7 Å². The van der Waals surface area contributed by atoms with Gasteiger partial charge in [0, 0.05) is 30.8 Å². The molecule has 0 bridgehead atoms. The van der Waals surface area contributed by atoms with Crippen molar-refractivity contribution < 1.29 is 19.1 Å². The Morgan fingerprint density at radius 2 is 1.40 bits per heavy atom. The van der Waals surface area contributed by atoms with E-state index in [1.54, 1.807) is 39.0 Å². The maximum absolute atomic E-state index is 12.8. The zero-order valence-electron chi connectivity index (χ0n) is 20.3. The highest BCUT2D eigenvalue weighted by atomic mass is 16.6. The van der Waals surface area contributed by atoms with Gasteiger partial charge in [-0.3, -0.25) is 9.59 Å². The second-order valence-electron chi connectivity index (χ2n) is 9.01. The van der Waals surface area contributed by atoms with E-state index < -0.39 is 11.7 Å². The summed E-state index contributed by atoms with van der Waals surface area (Å²) in [5.41, 5.74) is 3.46. The Morgan fingerprint density at radius 3 is 2.09 bits per heavy atom. The maximum atomic E-state index is 12.8. The Hall–Kier alpha value is -4.13. The number of carbonyl (C=O) groups is 3. The summed E-state index contributed by atoms with van der Waals surface area (Å²) in [5, 5.41) is 8.30. The first kappa shape index (κ1) is 25.5. The number of anilines is 1. The number of nitrogens with one attached hydrogen (secondary N) is 3. The van der Waals surface area contributed by atoms with Crippen LogP contribution < -0.4 is 16.0 Å². The molecule has 0 unspecified atom stereocenters. The molecule has 7 heteroatoms. The van der Waals surface area contributed by atoms with Crippen molar-refractivity contribution in [2.45, 2.75) is 39.3 Å². The summed E-state index contributed by atoms with van der Waals surface area (Å²) in [7, 11) is 0. The molecule has 0 aromatic heterocycles. The standard InChI is InChI=1S/C28H31N3O4/c1-28(2,3)35-27(34)29-18-17-25(32)30-19-23-11-7-8-12-24(23)31-26(33)22-15-13-21(14-16-22)20-9-5-4-6-10-20/h4-16H,17-19H2,1-3H3,(H,29,34)(H,30,32)(H,31,33). The van der Waals surface area contributed by atoms with Gasteiger partial charge in [0.05, 0.1) is 0 Å². The van der Waals surface area contributed by atoms with Crippen molar-refractivity contribution in [3.05, 3.63) is 90.0 Å². The van der Waals surface area contributed by atoms with Gasteiger partial charge >= 0.3 is 6.09 Å². The molecule has 0 radical (unpaired) electrons. The van der Waals surface area contributed by atoms with Gasteiger partial charge in [-0.05, 0) is 55.7 Å². The lowest BCUT2D eigenvalue weighted by atomic mass is 10.0. The third-order valence-corrected chi connectivity index (χ3v) is 5.02. The van der Waals surface area contributed by atoms with Crippen LogP contribution in [-0.4, -0.2) is 30.1 Å². The van der Waals surface area contributed by atoms with Crippen LogP contribution in [0.5, 0.6) is 0 Å². The molecule has 0 saturated carbocycles. The largest absolute Gasteiger partial charge is 0.444 e. The molecule has 3 N–H and O–H groups in total. The second-order valence-corrected chi connectivity index (χ2v) is 9.01. The molecule has 0 fully saturated rings. The number of ether oxygens (including phenoxy) is 1. The lowest BCUT2D eigenvalue weighted by Gasteiger charge is -2.19. The molecule has 0 aliphatic heterocycles. The molecule has 0 spiro atoms. The maximum Gasteiger partial charge on any atom is 0.407 e. The van der Waals surface area contributed by atoms with Crippen LogP contribution >= 0.6 is 0 Å². The monoisotopic (exact) mass is 473 g/mol. The van der Waals surface area contributed by atoms with E-state index in [0.717, 1.165) is 16.7 Å². The Labute approximate surface area is 205 Å². The predicted octanol–water partition coefficient (Wildman–Crippen LogP) is 5.14. The summed E-state index contributed by atoms with van der Waals surface area (Å²) >= 11 is 0. The fourth-order valence-electron chi connectivity index (χ4n) is 3.31. The average molecular weight is 474 g/mol. The quantitative estimate of drug-likeness (QED) is 0.422. The van der Waals surface area contributed by atoms with Crippen LogP contribution in [0, 0.1) is 0 Å². The molecule has 7 nitrogen and oxygen atoms in total. The van der Waals surface area contributed by atoms with Crippen LogP contribution in [0.1, 0.15) is 43.1 Å². The summed E-state index contributed by atoms with van der Waals surface area (Å²) < 4.78 is 5.14. The first-order valence-corrected chi connectivity index (χ1v) is 11.5. The number of benzene rings is 3. The smallest absolute Gasteiger partial charge is 0.407 e. The zero-order valence-corrected chi connectivity index (χ0v) is 20.3. The van der Waals surface area contributed by atoms with Gasteiger partial charge in [0.25, 0.3) is 5.91 Å². The normalized spacial score (nSPS) is 10.8. The topological polar surface area (TPSA) is 96.5 Å². The molecule has 0 aliphatic carbocycles. The molecule has 0 atom stereocenters. The molecule has 3 aromatic rings. The molecule has 3 aromatic carbocycles. The lowest BCUT2D eigenvalue weighted by molar-refractivity contribution is -0.121. The van der Waals surface area contributed by atoms with Crippen molar-refractivity contribution in [3.8, 4) is 11.1 Å². The van der Waals surface area contributed by atoms with Crippen molar-refractivity contribution in [3.63, 3.8) is 0 Å². The van der Waals surface area contributed by atoms with E-state index in [4.69, 9.17) is 4.74 Å². The second kappa shape index (κ2) is 11.8. The minimum Gasteiger partial charge on any atom is -0.444 e. The SMILES string of the molecule is CC(C)(C)OC(=O)NCCC(=O)NCc1ccccc1NC(=O)c1ccc(-c2ccccc2)cc1. The Kier molecular flexibility index (Phi) is 8.62. The van der Waals surface area contributed by atoms with Gasteiger partial charge in [-0.25, -0.2) is 4.79 Å². The minimum atomic E-state index is -0.593. The highest BCUT2D eigenvalue weighted by molar-refractivity contribution is 6.04. The Balaban J connectivity index is 1.52. The van der Waals surface area contributed by atoms with E-state index in [1.165, 1.54) is 0 Å². The molecule has 3 amide bonds. The zero-order chi connectivity index (χ0) is 25.3. The van der Waals surface area contributed by atoms with E-state index in [9.17, 15) is 14.4 Å². The summed E-state index contributed by atoms with van der Waals surface area (Å²) in [6, 6.07) is 24.7. The van der Waals surface area contributed by atoms with Crippen LogP contribution in [0.2, 0.25) is 0 Å². The number of para-hydroxylation sites is 1. The number of hydrogen-bond donors (Lipinski definition) is 3. The van der Waals surface area contributed by atoms with Crippen LogP contribution in [0.15, 0.2) is 78.9 Å². The predicted molar refractivity (Wildman–Crippen MR) is 137 cm³/mol. The molecular formula is C28H31N3O4. The van der Waals surface area contributed by atoms with Gasteiger partial charge in [-0.15, -0.1) is 0 Å². The number of carbonyl (C=O) groups excluding carboxylic acids is 3. The van der Waals surface area contributed by atoms with Crippen molar-refractivity contribution in [2.75, 3.05) is 11.9 Å². The summed E-state index contributed by atoms with van der Waals surface area (Å²) in [5.74, 6) is -0.455. The van der Waals surface area contributed by atoms with Crippen molar-refractivity contribution in [1.29, 1.82) is 0 Å². The van der Waals surface area contributed by atoms with Crippen LogP contribution in [0.25, 0.3) is 11.1 Å². The van der Waals surface area contributed by atoms with E-state index in [-0.39, 0.29) is 31.3 Å². The lowest BCUT2D eigenvalue weighted by Crippen LogP contribution is -2.35. The first-order chi connectivity index (χ1) is 16.7. The molecule has 35 heavy (non-hydrogen) atoms. The van der Waals surface area contributed by atoms with Gasteiger partial charge in [0.1, 0.15) is 5.60 Å². The first-order valence-electron chi connectivity index (χ1n) is 11.5. The highest BCUT2D eigenvalue weighted by Gasteiger charge is 2.16. The molecule has 0 saturated heterocycles. The van der Waals surface area contributed by atoms with Gasteiger partial charge in [-0.2, -0.15) is 0 Å². The van der Waals surface area contributed by atoms with E-state index in [1.807, 2.05) is 60.7 Å². The Morgan fingerprint density at radius 1 is 0.771 bits per heavy atom. The minimum absolute atomic E-state index is 0.113. The van der Waals surface area contributed by atoms with Crippen LogP contribution in [-0.2, 0) is 16.1 Å². The van der Waals surface area contributed by atoms with Crippen molar-refractivity contribution in [1.82, 2.24) is 10.6 Å². The average Bonchev–Trinajstić information content (AvgIpc) is 2.83. The van der Waals surface area contributed by atoms with Gasteiger partial charge in [0.2, 0.25) is 5.91 Å². The van der Waals surface area contributed by atoms with E-state index >= 15 is 0 Å². The number of amides is 3. The fourth-order valence-corrected chi connectivity index (χ4v) is 3.31. The fraction of sp³-hybridized carbons (Fsp3) is 0.250. The third-order valence-electron chi connectivity index (χ3n) is 5.02. The summed E-state index contributed by atoms with van der Waals surface area (Å²) in [4.78, 5) is 36.7. The molecule has 3 rings (SSSR count). The number of hydrogen-bond acceptors (Lipinski definition) is 4. The van der Waals surface area contributed by atoms with Crippen molar-refractivity contribution in [2.24, 2.45) is 0 Å². The number of alkyl carbamates (subject to hydrolysis) is 1. The van der Waals surface area contributed by atoms with Crippen LogP contribution in [0.3, 0.4) is 0 Å². The molecular weight excluding hydrogens is 442 g/mol. The van der Waals surface area contributed by atoms with E-state index in [0.29, 0.717) is 11.3 Å². The van der Waals surface area contributed by atoms with Crippen LogP contribution in [0.4, 0.5) is 10.5 Å². The van der Waals surface area contributed by atoms with E-state index in [2.05, 4.69) is 16.0 Å². The van der Waals surface area contributed by atoms with Crippen molar-refractivity contribution >= 4 is 23.6 Å². The Bertz CT molecular complexity index is 1150. The molecule has 0 heterocycles. The number of rotatable bonds is 8. The highest BCUT2D eigenvalue weighted by Crippen LogP contribution is 2.21. The summed E-state index contributed by atoms with van der Waals surface area (Å²) in [6.07, 6.45) is -0.447. The third kappa shape index (κ3) is 8.30. The molecule has 182 valence electrons. The molecule has 0 aliphatic rings. The van der Waals surface area contributed by atoms with Gasteiger partial charge in [0.15, 0.2) is 0 Å². The van der Waals surface area contributed by atoms with Gasteiger partial charge < -0.3 is 20.7 Å².